The second-order valence-electron chi connectivity index (χ2n) is 6.25. The van der Waals surface area contributed by atoms with Gasteiger partial charge in [0.25, 0.3) is 0 Å². The van der Waals surface area contributed by atoms with Gasteiger partial charge in [-0.15, -0.1) is 5.73 Å². The van der Waals surface area contributed by atoms with Gasteiger partial charge >= 0.3 is 0 Å². The molecule has 0 saturated carbocycles. The van der Waals surface area contributed by atoms with Gasteiger partial charge in [-0.3, -0.25) is 0 Å². The molecule has 0 aliphatic heterocycles. The van der Waals surface area contributed by atoms with E-state index in [1.165, 1.54) is 5.56 Å². The first kappa shape index (κ1) is 17.6. The van der Waals surface area contributed by atoms with Crippen molar-refractivity contribution in [2.24, 2.45) is 0 Å². The molecular formula is C22H23NO. The summed E-state index contributed by atoms with van der Waals surface area (Å²) in [7, 11) is 0. The van der Waals surface area contributed by atoms with Gasteiger partial charge in [-0.2, -0.15) is 0 Å². The van der Waals surface area contributed by atoms with Crippen LogP contribution in [0.4, 0.5) is 5.69 Å². The van der Waals surface area contributed by atoms with Crippen LogP contribution in [0.1, 0.15) is 30.5 Å². The summed E-state index contributed by atoms with van der Waals surface area (Å²) in [5, 5.41) is 13.2. The van der Waals surface area contributed by atoms with Crippen molar-refractivity contribution in [2.45, 2.75) is 25.9 Å². The molecule has 122 valence electrons. The van der Waals surface area contributed by atoms with Gasteiger partial charge in [0, 0.05) is 13.0 Å². The van der Waals surface area contributed by atoms with Crippen molar-refractivity contribution in [1.82, 2.24) is 0 Å². The monoisotopic (exact) mass is 317 g/mol. The highest BCUT2D eigenvalue weighted by Gasteiger charge is 2.13. The van der Waals surface area contributed by atoms with Crippen LogP contribution in [-0.4, -0.2) is 17.3 Å². The van der Waals surface area contributed by atoms with Crippen molar-refractivity contribution in [3.05, 3.63) is 77.5 Å². The molecular weight excluding hydrogens is 294 g/mol. The van der Waals surface area contributed by atoms with Crippen LogP contribution in [0.2, 0.25) is 0 Å². The molecule has 0 spiro atoms. The van der Waals surface area contributed by atoms with Crippen LogP contribution < -0.4 is 5.32 Å². The maximum atomic E-state index is 9.94. The van der Waals surface area contributed by atoms with E-state index in [4.69, 9.17) is 0 Å². The largest absolute Gasteiger partial charge is 0.389 e. The summed E-state index contributed by atoms with van der Waals surface area (Å²) in [6, 6.07) is 16.1. The third-order valence-corrected chi connectivity index (χ3v) is 3.41. The van der Waals surface area contributed by atoms with E-state index in [0.29, 0.717) is 13.0 Å². The summed E-state index contributed by atoms with van der Waals surface area (Å²) in [5.41, 5.74) is 5.97. The van der Waals surface area contributed by atoms with E-state index in [0.717, 1.165) is 16.8 Å². The van der Waals surface area contributed by atoms with E-state index in [1.54, 1.807) is 13.8 Å². The predicted octanol–water partition coefficient (Wildman–Crippen LogP) is 4.26. The zero-order chi connectivity index (χ0) is 17.4. The Kier molecular flexibility index (Phi) is 6.04. The van der Waals surface area contributed by atoms with Crippen molar-refractivity contribution in [2.75, 3.05) is 11.9 Å². The van der Waals surface area contributed by atoms with Gasteiger partial charge in [-0.1, -0.05) is 60.9 Å². The number of hydrogen-bond acceptors (Lipinski definition) is 2. The maximum Gasteiger partial charge on any atom is 0.0763 e. The SMILES string of the molecule is C=C=Cc1cccc(NCC(C)(C)O)c1C#CCc1ccccc1. The minimum atomic E-state index is -0.793. The molecule has 0 radical (unpaired) electrons. The molecule has 2 nitrogen and oxygen atoms in total. The van der Waals surface area contributed by atoms with Crippen LogP contribution in [0.25, 0.3) is 6.08 Å². The van der Waals surface area contributed by atoms with Crippen molar-refractivity contribution < 1.29 is 5.11 Å². The number of hydrogen-bond donors (Lipinski definition) is 2. The predicted molar refractivity (Wildman–Crippen MR) is 102 cm³/mol. The fraction of sp³-hybridized carbons (Fsp3) is 0.227. The zero-order valence-corrected chi connectivity index (χ0v) is 14.3. The molecule has 2 aromatic carbocycles. The van der Waals surface area contributed by atoms with Gasteiger partial charge in [0.2, 0.25) is 0 Å². The first-order chi connectivity index (χ1) is 11.5. The highest BCUT2D eigenvalue weighted by Crippen LogP contribution is 2.21. The van der Waals surface area contributed by atoms with Crippen LogP contribution in [0.15, 0.2) is 60.8 Å². The van der Waals surface area contributed by atoms with Gasteiger partial charge in [-0.25, -0.2) is 0 Å². The molecule has 0 heterocycles. The lowest BCUT2D eigenvalue weighted by Gasteiger charge is -2.19. The summed E-state index contributed by atoms with van der Waals surface area (Å²) >= 11 is 0. The van der Waals surface area contributed by atoms with E-state index >= 15 is 0 Å². The first-order valence-corrected chi connectivity index (χ1v) is 7.97. The van der Waals surface area contributed by atoms with Gasteiger partial charge < -0.3 is 10.4 Å². The van der Waals surface area contributed by atoms with Crippen molar-refractivity contribution in [3.63, 3.8) is 0 Å². The summed E-state index contributed by atoms with van der Waals surface area (Å²) in [4.78, 5) is 0. The van der Waals surface area contributed by atoms with E-state index < -0.39 is 5.60 Å². The Morgan fingerprint density at radius 2 is 1.88 bits per heavy atom. The van der Waals surface area contributed by atoms with Gasteiger partial charge in [0.1, 0.15) is 0 Å². The maximum absolute atomic E-state index is 9.94. The average Bonchev–Trinajstić information content (AvgIpc) is 2.55. The van der Waals surface area contributed by atoms with E-state index in [1.807, 2.05) is 42.5 Å². The van der Waals surface area contributed by atoms with Gasteiger partial charge in [0.05, 0.1) is 16.9 Å². The summed E-state index contributed by atoms with van der Waals surface area (Å²) < 4.78 is 0. The molecule has 0 saturated heterocycles. The highest BCUT2D eigenvalue weighted by atomic mass is 16.3. The minimum Gasteiger partial charge on any atom is -0.389 e. The highest BCUT2D eigenvalue weighted by molar-refractivity contribution is 5.70. The molecule has 0 fully saturated rings. The number of nitrogens with one attached hydrogen (secondary N) is 1. The Labute approximate surface area is 144 Å². The van der Waals surface area contributed by atoms with Crippen molar-refractivity contribution in [1.29, 1.82) is 0 Å². The van der Waals surface area contributed by atoms with Crippen molar-refractivity contribution >= 4 is 11.8 Å². The number of rotatable bonds is 5. The zero-order valence-electron chi connectivity index (χ0n) is 14.3. The molecule has 2 aromatic rings. The third kappa shape index (κ3) is 5.48. The van der Waals surface area contributed by atoms with Crippen LogP contribution in [0, 0.1) is 11.8 Å². The molecule has 0 aliphatic carbocycles. The van der Waals surface area contributed by atoms with Crippen LogP contribution in [0.3, 0.4) is 0 Å². The van der Waals surface area contributed by atoms with E-state index in [-0.39, 0.29) is 0 Å². The second kappa shape index (κ2) is 8.22. The molecule has 0 bridgehead atoms. The van der Waals surface area contributed by atoms with Gasteiger partial charge in [-0.05, 0) is 37.1 Å². The summed E-state index contributed by atoms with van der Waals surface area (Å²) in [6.07, 6.45) is 2.51. The molecule has 0 unspecified atom stereocenters. The van der Waals surface area contributed by atoms with E-state index in [9.17, 15) is 5.11 Å². The molecule has 0 aromatic heterocycles. The molecule has 0 aliphatic rings. The van der Waals surface area contributed by atoms with Crippen LogP contribution in [-0.2, 0) is 6.42 Å². The fourth-order valence-corrected chi connectivity index (χ4v) is 2.23. The summed E-state index contributed by atoms with van der Waals surface area (Å²) in [5.74, 6) is 6.49. The lowest BCUT2D eigenvalue weighted by molar-refractivity contribution is 0.0945. The average molecular weight is 317 g/mol. The minimum absolute atomic E-state index is 0.446. The Bertz CT molecular complexity index is 782. The normalized spacial score (nSPS) is 10.3. The third-order valence-electron chi connectivity index (χ3n) is 3.41. The summed E-state index contributed by atoms with van der Waals surface area (Å²) in [6.45, 7) is 7.64. The van der Waals surface area contributed by atoms with Gasteiger partial charge in [0.15, 0.2) is 0 Å². The molecule has 2 N–H and O–H groups in total. The molecule has 2 rings (SSSR count). The Balaban J connectivity index is 2.29. The Hall–Kier alpha value is -2.72. The number of benzene rings is 2. The second-order valence-corrected chi connectivity index (χ2v) is 6.25. The number of anilines is 1. The Morgan fingerprint density at radius 1 is 1.12 bits per heavy atom. The fourth-order valence-electron chi connectivity index (χ4n) is 2.23. The van der Waals surface area contributed by atoms with Crippen LogP contribution >= 0.6 is 0 Å². The number of aliphatic hydroxyl groups is 1. The first-order valence-electron chi connectivity index (χ1n) is 7.97. The smallest absolute Gasteiger partial charge is 0.0763 e. The van der Waals surface area contributed by atoms with E-state index in [2.05, 4.69) is 41.6 Å². The molecule has 2 heteroatoms. The Morgan fingerprint density at radius 3 is 2.54 bits per heavy atom. The molecule has 0 atom stereocenters. The van der Waals surface area contributed by atoms with Crippen molar-refractivity contribution in [3.8, 4) is 11.8 Å². The molecule has 24 heavy (non-hydrogen) atoms. The lowest BCUT2D eigenvalue weighted by Crippen LogP contribution is -2.29. The topological polar surface area (TPSA) is 32.3 Å². The standard InChI is InChI=1S/C22H23NO/c1-4-10-19-14-9-16-21(23-17-22(2,3)24)20(19)15-8-13-18-11-6-5-7-12-18/h5-7,9-12,14,16,23-24H,1,13,17H2,2-3H3. The lowest BCUT2D eigenvalue weighted by atomic mass is 10.0. The molecule has 0 amide bonds. The quantitative estimate of drug-likeness (QED) is 0.638. The van der Waals surface area contributed by atoms with Crippen LogP contribution in [0.5, 0.6) is 0 Å².